The number of amides is 1. The van der Waals surface area contributed by atoms with Crippen LogP contribution in [0.2, 0.25) is 0 Å². The van der Waals surface area contributed by atoms with Gasteiger partial charge in [0.2, 0.25) is 0 Å². The van der Waals surface area contributed by atoms with Gasteiger partial charge in [0.25, 0.3) is 0 Å². The zero-order chi connectivity index (χ0) is 13.5. The van der Waals surface area contributed by atoms with E-state index in [0.717, 1.165) is 31.4 Å². The molecule has 0 saturated carbocycles. The van der Waals surface area contributed by atoms with Crippen LogP contribution >= 0.6 is 0 Å². The Morgan fingerprint density at radius 2 is 2.00 bits per heavy atom. The number of aromatic nitrogens is 1. The van der Waals surface area contributed by atoms with Crippen LogP contribution in [0, 0.1) is 0 Å². The molecule has 0 bridgehead atoms. The fraction of sp³-hybridized carbons (Fsp3) is 0.333. The molecule has 0 aliphatic heterocycles. The van der Waals surface area contributed by atoms with E-state index in [-0.39, 0.29) is 0 Å². The van der Waals surface area contributed by atoms with Gasteiger partial charge in [0.15, 0.2) is 0 Å². The largest absolute Gasteiger partial charge is 0.465 e. The highest BCUT2D eigenvalue weighted by Gasteiger charge is 2.01. The summed E-state index contributed by atoms with van der Waals surface area (Å²) >= 11 is 0. The first-order valence-corrected chi connectivity index (χ1v) is 6.57. The molecule has 2 N–H and O–H groups in total. The van der Waals surface area contributed by atoms with Gasteiger partial charge in [-0.1, -0.05) is 30.7 Å². The van der Waals surface area contributed by atoms with Gasteiger partial charge < -0.3 is 10.4 Å². The standard InChI is InChI=1S/C15H18N2O2/c18-15(19)17-10-5-1-2-8-14-13-7-4-3-6-12(13)9-11-16-14/h3-4,6-7,9,11,17H,1-2,5,8,10H2,(H,18,19). The summed E-state index contributed by atoms with van der Waals surface area (Å²) in [7, 11) is 0. The molecule has 1 aromatic carbocycles. The van der Waals surface area contributed by atoms with Gasteiger partial charge in [-0.05, 0) is 30.7 Å². The highest BCUT2D eigenvalue weighted by molar-refractivity contribution is 5.84. The highest BCUT2D eigenvalue weighted by Crippen LogP contribution is 2.18. The van der Waals surface area contributed by atoms with Crippen molar-refractivity contribution >= 4 is 16.9 Å². The molecule has 1 aromatic heterocycles. The van der Waals surface area contributed by atoms with Crippen LogP contribution in [-0.2, 0) is 6.42 Å². The third kappa shape index (κ3) is 3.95. The number of carbonyl (C=O) groups is 1. The van der Waals surface area contributed by atoms with E-state index >= 15 is 0 Å². The van der Waals surface area contributed by atoms with Crippen molar-refractivity contribution in [3.8, 4) is 0 Å². The van der Waals surface area contributed by atoms with E-state index in [9.17, 15) is 4.79 Å². The van der Waals surface area contributed by atoms with Crippen LogP contribution in [0.4, 0.5) is 4.79 Å². The number of nitrogens with zero attached hydrogens (tertiary/aromatic N) is 1. The van der Waals surface area contributed by atoms with Crippen molar-refractivity contribution in [2.45, 2.75) is 25.7 Å². The van der Waals surface area contributed by atoms with E-state index in [0.29, 0.717) is 6.54 Å². The van der Waals surface area contributed by atoms with Gasteiger partial charge >= 0.3 is 6.09 Å². The van der Waals surface area contributed by atoms with Crippen LogP contribution in [0.3, 0.4) is 0 Å². The van der Waals surface area contributed by atoms with E-state index < -0.39 is 6.09 Å². The molecule has 1 heterocycles. The molecular weight excluding hydrogens is 240 g/mol. The molecule has 0 radical (unpaired) electrons. The molecule has 0 unspecified atom stereocenters. The van der Waals surface area contributed by atoms with Gasteiger partial charge in [-0.2, -0.15) is 0 Å². The minimum Gasteiger partial charge on any atom is -0.465 e. The molecule has 0 aliphatic rings. The number of nitrogens with one attached hydrogen (secondary N) is 1. The van der Waals surface area contributed by atoms with Gasteiger partial charge in [0.05, 0.1) is 0 Å². The molecule has 0 aliphatic carbocycles. The van der Waals surface area contributed by atoms with Crippen molar-refractivity contribution in [2.75, 3.05) is 6.54 Å². The Hall–Kier alpha value is -2.10. The van der Waals surface area contributed by atoms with Gasteiger partial charge in [0.1, 0.15) is 0 Å². The molecule has 0 saturated heterocycles. The van der Waals surface area contributed by atoms with Crippen LogP contribution in [0.25, 0.3) is 10.8 Å². The predicted octanol–water partition coefficient (Wildman–Crippen LogP) is 3.22. The van der Waals surface area contributed by atoms with Crippen LogP contribution in [-0.4, -0.2) is 22.7 Å². The van der Waals surface area contributed by atoms with Crippen molar-refractivity contribution in [1.29, 1.82) is 0 Å². The molecule has 4 nitrogen and oxygen atoms in total. The summed E-state index contributed by atoms with van der Waals surface area (Å²) in [6, 6.07) is 10.3. The Bertz CT molecular complexity index is 549. The Morgan fingerprint density at radius 1 is 1.16 bits per heavy atom. The summed E-state index contributed by atoms with van der Waals surface area (Å²) in [6.45, 7) is 0.526. The molecule has 0 fully saturated rings. The van der Waals surface area contributed by atoms with E-state index in [1.165, 1.54) is 10.8 Å². The molecule has 0 spiro atoms. The molecule has 4 heteroatoms. The summed E-state index contributed by atoms with van der Waals surface area (Å²) in [5, 5.41) is 13.3. The lowest BCUT2D eigenvalue weighted by molar-refractivity contribution is 0.194. The zero-order valence-electron chi connectivity index (χ0n) is 10.8. The first-order chi connectivity index (χ1) is 9.27. The number of pyridine rings is 1. The van der Waals surface area contributed by atoms with Crippen molar-refractivity contribution in [3.05, 3.63) is 42.2 Å². The van der Waals surface area contributed by atoms with Gasteiger partial charge in [-0.25, -0.2) is 4.79 Å². The van der Waals surface area contributed by atoms with Gasteiger partial charge in [0, 0.05) is 23.8 Å². The number of benzene rings is 1. The lowest BCUT2D eigenvalue weighted by atomic mass is 10.1. The summed E-state index contributed by atoms with van der Waals surface area (Å²) in [5.74, 6) is 0. The highest BCUT2D eigenvalue weighted by atomic mass is 16.4. The summed E-state index contributed by atoms with van der Waals surface area (Å²) in [6.07, 6.45) is 4.75. The van der Waals surface area contributed by atoms with Crippen molar-refractivity contribution in [3.63, 3.8) is 0 Å². The van der Waals surface area contributed by atoms with Crippen molar-refractivity contribution < 1.29 is 9.90 Å². The fourth-order valence-corrected chi connectivity index (χ4v) is 2.17. The number of fused-ring (bicyclic) bond motifs is 1. The average Bonchev–Trinajstić information content (AvgIpc) is 2.42. The maximum Gasteiger partial charge on any atom is 0.404 e. The maximum atomic E-state index is 10.3. The predicted molar refractivity (Wildman–Crippen MR) is 75.3 cm³/mol. The van der Waals surface area contributed by atoms with Crippen LogP contribution < -0.4 is 5.32 Å². The number of aryl methyl sites for hydroxylation is 1. The van der Waals surface area contributed by atoms with Gasteiger partial charge in [-0.3, -0.25) is 4.98 Å². The maximum absolute atomic E-state index is 10.3. The molecule has 2 rings (SSSR count). The Morgan fingerprint density at radius 3 is 2.84 bits per heavy atom. The topological polar surface area (TPSA) is 62.2 Å². The second-order valence-corrected chi connectivity index (χ2v) is 4.52. The molecule has 100 valence electrons. The first-order valence-electron chi connectivity index (χ1n) is 6.57. The molecule has 2 aromatic rings. The number of hydrogen-bond donors (Lipinski definition) is 2. The normalized spacial score (nSPS) is 10.5. The molecule has 0 atom stereocenters. The monoisotopic (exact) mass is 258 g/mol. The summed E-state index contributed by atoms with van der Waals surface area (Å²) in [4.78, 5) is 14.7. The van der Waals surface area contributed by atoms with Gasteiger partial charge in [-0.15, -0.1) is 0 Å². The SMILES string of the molecule is O=C(O)NCCCCCc1nccc2ccccc12. The van der Waals surface area contributed by atoms with Crippen molar-refractivity contribution in [1.82, 2.24) is 10.3 Å². The van der Waals surface area contributed by atoms with Crippen molar-refractivity contribution in [2.24, 2.45) is 0 Å². The van der Waals surface area contributed by atoms with Crippen LogP contribution in [0.1, 0.15) is 25.0 Å². The lowest BCUT2D eigenvalue weighted by Gasteiger charge is -2.05. The number of rotatable bonds is 6. The third-order valence-electron chi connectivity index (χ3n) is 3.12. The second kappa shape index (κ2) is 6.73. The average molecular weight is 258 g/mol. The van der Waals surface area contributed by atoms with Crippen LogP contribution in [0.15, 0.2) is 36.5 Å². The zero-order valence-corrected chi connectivity index (χ0v) is 10.8. The number of hydrogen-bond acceptors (Lipinski definition) is 2. The third-order valence-corrected chi connectivity index (χ3v) is 3.12. The molecule has 19 heavy (non-hydrogen) atoms. The van der Waals surface area contributed by atoms with E-state index in [2.05, 4.69) is 22.4 Å². The minimum atomic E-state index is -0.948. The van der Waals surface area contributed by atoms with Crippen LogP contribution in [0.5, 0.6) is 0 Å². The van der Waals surface area contributed by atoms with E-state index in [1.54, 1.807) is 0 Å². The Kier molecular flexibility index (Phi) is 4.72. The fourth-order valence-electron chi connectivity index (χ4n) is 2.17. The Labute approximate surface area is 112 Å². The minimum absolute atomic E-state index is 0.526. The number of carboxylic acid groups (broad SMARTS) is 1. The number of unbranched alkanes of at least 4 members (excludes halogenated alkanes) is 2. The molecular formula is C15H18N2O2. The quantitative estimate of drug-likeness (QED) is 0.782. The lowest BCUT2D eigenvalue weighted by Crippen LogP contribution is -2.21. The smallest absolute Gasteiger partial charge is 0.404 e. The second-order valence-electron chi connectivity index (χ2n) is 4.52. The Balaban J connectivity index is 1.83. The summed E-state index contributed by atoms with van der Waals surface area (Å²) < 4.78 is 0. The van der Waals surface area contributed by atoms with E-state index in [1.807, 2.05) is 24.4 Å². The first kappa shape index (κ1) is 13.3. The summed E-state index contributed by atoms with van der Waals surface area (Å²) in [5.41, 5.74) is 1.13. The molecule has 1 amide bonds. The van der Waals surface area contributed by atoms with E-state index in [4.69, 9.17) is 5.11 Å².